The first kappa shape index (κ1) is 28.6. The fraction of sp³-hybridized carbons (Fsp3) is 0.240. The Bertz CT molecular complexity index is 1150. The molecule has 7 nitrogen and oxygen atoms in total. The minimum absolute atomic E-state index is 0.558. The van der Waals surface area contributed by atoms with E-state index in [0.717, 1.165) is 45.0 Å². The standard InChI is InChI=1S/C21H23BrN2OS2.C4H4O4/c1-24(12-14-26-2)11-3-4-13-25-18-9-10-19-20(15-18)27-23-21(19)16-5-7-17(22)8-6-16;5-3(6)1-2-4(7)8/h3-10,15H,11-14H2,1-2H3;1-2H,(H,5,6)(H,7,8)/b4-3+;. The van der Waals surface area contributed by atoms with E-state index >= 15 is 0 Å². The third-order valence-electron chi connectivity index (χ3n) is 4.54. The van der Waals surface area contributed by atoms with Gasteiger partial charge in [-0.3, -0.25) is 0 Å². The van der Waals surface area contributed by atoms with Crippen LogP contribution in [0.1, 0.15) is 0 Å². The fourth-order valence-corrected chi connectivity index (χ4v) is 4.36. The lowest BCUT2D eigenvalue weighted by Gasteiger charge is -2.12. The molecule has 0 radical (unpaired) electrons. The average Bonchev–Trinajstić information content (AvgIpc) is 3.25. The predicted octanol–water partition coefficient (Wildman–Crippen LogP) is 5.67. The summed E-state index contributed by atoms with van der Waals surface area (Å²) in [6.07, 6.45) is 7.50. The number of halogens is 1. The molecular formula is C25H27BrN2O5S2. The van der Waals surface area contributed by atoms with E-state index in [-0.39, 0.29) is 0 Å². The van der Waals surface area contributed by atoms with Crippen molar-refractivity contribution >= 4 is 61.2 Å². The van der Waals surface area contributed by atoms with E-state index in [9.17, 15) is 9.59 Å². The summed E-state index contributed by atoms with van der Waals surface area (Å²) < 4.78 is 12.7. The second-order valence-corrected chi connectivity index (χ2v) is 9.95. The zero-order valence-corrected chi connectivity index (χ0v) is 22.6. The number of ether oxygens (including phenoxy) is 1. The SMILES string of the molecule is CSCCN(C)C/C=C/COc1ccc2c(-c3ccc(Br)cc3)nsc2c1.O=C(O)C=CC(=O)O. The molecule has 3 rings (SSSR count). The molecule has 186 valence electrons. The van der Waals surface area contributed by atoms with Gasteiger partial charge in [-0.05, 0) is 55.2 Å². The van der Waals surface area contributed by atoms with E-state index in [1.165, 1.54) is 16.9 Å². The van der Waals surface area contributed by atoms with E-state index in [0.29, 0.717) is 18.8 Å². The van der Waals surface area contributed by atoms with Gasteiger partial charge in [0.25, 0.3) is 0 Å². The number of hydrogen-bond acceptors (Lipinski definition) is 7. The minimum Gasteiger partial charge on any atom is -0.489 e. The number of carboxylic acids is 2. The zero-order valence-electron chi connectivity index (χ0n) is 19.4. The Morgan fingerprint density at radius 2 is 1.80 bits per heavy atom. The highest BCUT2D eigenvalue weighted by Crippen LogP contribution is 2.33. The smallest absolute Gasteiger partial charge is 0.328 e. The van der Waals surface area contributed by atoms with Gasteiger partial charge < -0.3 is 19.8 Å². The van der Waals surface area contributed by atoms with E-state index in [2.05, 4.69) is 74.9 Å². The maximum Gasteiger partial charge on any atom is 0.328 e. The highest BCUT2D eigenvalue weighted by atomic mass is 79.9. The molecule has 0 atom stereocenters. The first-order valence-corrected chi connectivity index (χ1v) is 13.5. The molecule has 0 aliphatic heterocycles. The number of hydrogen-bond donors (Lipinski definition) is 2. The van der Waals surface area contributed by atoms with Crippen molar-refractivity contribution in [2.75, 3.05) is 38.8 Å². The van der Waals surface area contributed by atoms with E-state index in [1.54, 1.807) is 0 Å². The number of thioether (sulfide) groups is 1. The number of aromatic nitrogens is 1. The summed E-state index contributed by atoms with van der Waals surface area (Å²) in [4.78, 5) is 21.4. The monoisotopic (exact) mass is 578 g/mol. The number of benzene rings is 2. The van der Waals surface area contributed by atoms with Crippen molar-refractivity contribution < 1.29 is 24.5 Å². The highest BCUT2D eigenvalue weighted by molar-refractivity contribution is 9.10. The molecule has 0 fully saturated rings. The summed E-state index contributed by atoms with van der Waals surface area (Å²) in [5.74, 6) is -0.466. The number of fused-ring (bicyclic) bond motifs is 1. The summed E-state index contributed by atoms with van der Waals surface area (Å²) >= 11 is 6.87. The summed E-state index contributed by atoms with van der Waals surface area (Å²) in [7, 11) is 2.14. The molecule has 2 N–H and O–H groups in total. The molecule has 10 heteroatoms. The molecule has 0 aliphatic carbocycles. The number of nitrogens with zero attached hydrogens (tertiary/aromatic N) is 2. The molecule has 0 aliphatic rings. The third-order valence-corrected chi connectivity index (χ3v) is 6.46. The summed E-state index contributed by atoms with van der Waals surface area (Å²) in [5.41, 5.74) is 2.16. The van der Waals surface area contributed by atoms with Crippen molar-refractivity contribution in [2.24, 2.45) is 0 Å². The van der Waals surface area contributed by atoms with E-state index in [1.807, 2.05) is 30.0 Å². The Labute approximate surface area is 221 Å². The van der Waals surface area contributed by atoms with Crippen LogP contribution >= 0.6 is 39.2 Å². The molecule has 0 amide bonds. The van der Waals surface area contributed by atoms with Crippen LogP contribution in [-0.2, 0) is 9.59 Å². The number of carbonyl (C=O) groups is 2. The topological polar surface area (TPSA) is 100.0 Å². The molecule has 1 aromatic heterocycles. The number of likely N-dealkylation sites (N-methyl/N-ethyl adjacent to an activating group) is 1. The largest absolute Gasteiger partial charge is 0.489 e. The molecule has 3 aromatic rings. The minimum atomic E-state index is -1.26. The van der Waals surface area contributed by atoms with Gasteiger partial charge in [0.05, 0.1) is 10.4 Å². The van der Waals surface area contributed by atoms with Gasteiger partial charge in [0, 0.05) is 46.4 Å². The molecule has 0 unspecified atom stereocenters. The van der Waals surface area contributed by atoms with Crippen LogP contribution in [0.4, 0.5) is 0 Å². The first-order valence-electron chi connectivity index (χ1n) is 10.5. The van der Waals surface area contributed by atoms with Gasteiger partial charge in [0.2, 0.25) is 0 Å². The van der Waals surface area contributed by atoms with Crippen molar-refractivity contribution in [2.45, 2.75) is 0 Å². The summed E-state index contributed by atoms with van der Waals surface area (Å²) in [5, 5.41) is 16.8. The quantitative estimate of drug-likeness (QED) is 0.222. The fourth-order valence-electron chi connectivity index (χ4n) is 2.77. The van der Waals surface area contributed by atoms with Crippen LogP contribution < -0.4 is 4.74 Å². The van der Waals surface area contributed by atoms with Crippen LogP contribution in [0.2, 0.25) is 0 Å². The lowest BCUT2D eigenvalue weighted by atomic mass is 10.1. The molecule has 0 saturated carbocycles. The second kappa shape index (κ2) is 15.4. The predicted molar refractivity (Wildman–Crippen MR) is 148 cm³/mol. The first-order chi connectivity index (χ1) is 16.8. The van der Waals surface area contributed by atoms with Crippen LogP contribution in [0.15, 0.2) is 71.2 Å². The average molecular weight is 580 g/mol. The van der Waals surface area contributed by atoms with Gasteiger partial charge in [-0.15, -0.1) is 0 Å². The van der Waals surface area contributed by atoms with Crippen molar-refractivity contribution in [3.63, 3.8) is 0 Å². The zero-order chi connectivity index (χ0) is 25.6. The molecule has 35 heavy (non-hydrogen) atoms. The van der Waals surface area contributed by atoms with Gasteiger partial charge in [-0.2, -0.15) is 16.1 Å². The lowest BCUT2D eigenvalue weighted by Crippen LogP contribution is -2.21. The second-order valence-electron chi connectivity index (χ2n) is 7.24. The van der Waals surface area contributed by atoms with Crippen LogP contribution in [0.3, 0.4) is 0 Å². The summed E-state index contributed by atoms with van der Waals surface area (Å²) in [6, 6.07) is 14.5. The molecule has 0 saturated heterocycles. The van der Waals surface area contributed by atoms with Gasteiger partial charge >= 0.3 is 11.9 Å². The third kappa shape index (κ3) is 10.6. The van der Waals surface area contributed by atoms with Gasteiger partial charge in [0.1, 0.15) is 12.4 Å². The summed E-state index contributed by atoms with van der Waals surface area (Å²) in [6.45, 7) is 2.64. The Morgan fingerprint density at radius 1 is 1.11 bits per heavy atom. The maximum absolute atomic E-state index is 9.55. The molecule has 1 heterocycles. The van der Waals surface area contributed by atoms with Crippen molar-refractivity contribution in [1.82, 2.24) is 9.27 Å². The number of rotatable bonds is 11. The van der Waals surface area contributed by atoms with E-state index < -0.39 is 11.9 Å². The number of carboxylic acid groups (broad SMARTS) is 2. The highest BCUT2D eigenvalue weighted by Gasteiger charge is 2.09. The lowest BCUT2D eigenvalue weighted by molar-refractivity contribution is -0.134. The Kier molecular flexibility index (Phi) is 12.5. The van der Waals surface area contributed by atoms with Crippen molar-refractivity contribution in [3.05, 3.63) is 71.2 Å². The van der Waals surface area contributed by atoms with Gasteiger partial charge in [-0.1, -0.05) is 40.2 Å². The van der Waals surface area contributed by atoms with Crippen molar-refractivity contribution in [3.8, 4) is 17.0 Å². The molecule has 0 bridgehead atoms. The molecular weight excluding hydrogens is 552 g/mol. The van der Waals surface area contributed by atoms with Crippen molar-refractivity contribution in [1.29, 1.82) is 0 Å². The van der Waals surface area contributed by atoms with E-state index in [4.69, 9.17) is 14.9 Å². The molecule has 0 spiro atoms. The van der Waals surface area contributed by atoms with Gasteiger partial charge in [-0.25, -0.2) is 9.59 Å². The number of aliphatic carboxylic acids is 2. The van der Waals surface area contributed by atoms with Crippen LogP contribution in [0, 0.1) is 0 Å². The van der Waals surface area contributed by atoms with Crippen LogP contribution in [0.5, 0.6) is 5.75 Å². The Hall–Kier alpha value is -2.66. The van der Waals surface area contributed by atoms with Gasteiger partial charge in [0.15, 0.2) is 0 Å². The van der Waals surface area contributed by atoms with Crippen LogP contribution in [0.25, 0.3) is 21.3 Å². The van der Waals surface area contributed by atoms with Crippen LogP contribution in [-0.4, -0.2) is 70.2 Å². The normalized spacial score (nSPS) is 11.2. The molecule has 2 aromatic carbocycles. The maximum atomic E-state index is 9.55. The Balaban J connectivity index is 0.000000466. The Morgan fingerprint density at radius 3 is 2.43 bits per heavy atom.